The van der Waals surface area contributed by atoms with Gasteiger partial charge in [-0.25, -0.2) is 9.59 Å². The monoisotopic (exact) mass is 935 g/mol. The van der Waals surface area contributed by atoms with E-state index in [9.17, 15) is 48.6 Å². The smallest absolute Gasteiger partial charge is 0.338 e. The molecule has 0 fully saturated rings. The minimum absolute atomic E-state index is 0.0388. The van der Waals surface area contributed by atoms with Crippen molar-refractivity contribution in [2.45, 2.75) is 97.4 Å². The van der Waals surface area contributed by atoms with Crippen LogP contribution < -0.4 is 5.32 Å². The van der Waals surface area contributed by atoms with Gasteiger partial charge in [0.1, 0.15) is 29.8 Å². The van der Waals surface area contributed by atoms with Crippen LogP contribution in [0.3, 0.4) is 0 Å². The van der Waals surface area contributed by atoms with Crippen molar-refractivity contribution < 1.29 is 77.0 Å². The fourth-order valence-electron chi connectivity index (χ4n) is 9.57. The van der Waals surface area contributed by atoms with E-state index in [0.717, 1.165) is 39.8 Å². The summed E-state index contributed by atoms with van der Waals surface area (Å²) >= 11 is 0. The topological polar surface area (TPSA) is 244 Å². The van der Waals surface area contributed by atoms with Crippen LogP contribution in [0.1, 0.15) is 94.1 Å². The van der Waals surface area contributed by atoms with E-state index in [-0.39, 0.29) is 22.3 Å². The summed E-state index contributed by atoms with van der Waals surface area (Å²) in [4.78, 5) is 110. The Kier molecular flexibility index (Phi) is 14.4. The molecule has 0 aliphatic heterocycles. The number of ketones is 1. The van der Waals surface area contributed by atoms with Crippen molar-refractivity contribution >= 4 is 47.5 Å². The first-order chi connectivity index (χ1) is 32.0. The van der Waals surface area contributed by atoms with Gasteiger partial charge in [-0.15, -0.1) is 0 Å². The fourth-order valence-corrected chi connectivity index (χ4v) is 9.57. The molecule has 3 aromatic carbocycles. The Balaban J connectivity index is 1.65. The molecule has 3 aromatic rings. The van der Waals surface area contributed by atoms with E-state index >= 15 is 0 Å². The Labute approximate surface area is 392 Å². The molecule has 0 radical (unpaired) electrons. The lowest BCUT2D eigenvalue weighted by Gasteiger charge is -2.60. The Hall–Kier alpha value is -7.24. The van der Waals surface area contributed by atoms with Gasteiger partial charge in [-0.2, -0.15) is 0 Å². The van der Waals surface area contributed by atoms with Crippen molar-refractivity contribution in [1.82, 2.24) is 5.32 Å². The summed E-state index contributed by atoms with van der Waals surface area (Å²) in [5.41, 5.74) is -8.84. The summed E-state index contributed by atoms with van der Waals surface area (Å²) < 4.78 is 35.9. The van der Waals surface area contributed by atoms with Gasteiger partial charge in [0.2, 0.25) is 0 Å². The minimum atomic E-state index is -2.62. The average Bonchev–Trinajstić information content (AvgIpc) is 3.29. The highest BCUT2D eigenvalue weighted by Crippen LogP contribution is 2.63. The lowest BCUT2D eigenvalue weighted by molar-refractivity contribution is -0.235. The van der Waals surface area contributed by atoms with Gasteiger partial charge >= 0.3 is 35.8 Å². The summed E-state index contributed by atoms with van der Waals surface area (Å²) in [6.45, 7) is 8.90. The van der Waals surface area contributed by atoms with Crippen molar-refractivity contribution in [3.8, 4) is 0 Å². The van der Waals surface area contributed by atoms with Gasteiger partial charge in [-0.3, -0.25) is 28.8 Å². The first kappa shape index (κ1) is 50.2. The molecular formula is C51H53NO16. The number of rotatable bonds is 13. The maximum Gasteiger partial charge on any atom is 0.338 e. The number of esters is 6. The number of ether oxygens (including phenoxy) is 6. The summed E-state index contributed by atoms with van der Waals surface area (Å²) in [6, 6.07) is 22.3. The molecule has 2 bridgehead atoms. The number of benzene rings is 3. The maximum absolute atomic E-state index is 14.9. The standard InChI is InChI=1S/C51H53NO16/c1-28-36(66-47(61)40(58)39(33-18-12-9-13-19-33)52-45(59)34-20-14-10-15-21-34)26-51(62)44(67-46(60)35-22-16-11-17-23-35)42-49(8,37(57)24-25-50(42,68-32(5)56)27-63-29(2)53)43(65-31(4)55)41(64-30(3)54)38(28)48(51,6)7/h9-25,36,39-40,42,44,58,62H,26-27H2,1-8H3,(H,52,59)/b43-41-/t36-,39-,40+,42-,44-,49+,50+,51+/m0/s1. The Morgan fingerprint density at radius 2 is 1.31 bits per heavy atom. The van der Waals surface area contributed by atoms with E-state index in [2.05, 4.69) is 5.32 Å². The molecule has 3 aliphatic rings. The third kappa shape index (κ3) is 9.49. The van der Waals surface area contributed by atoms with Crippen molar-refractivity contribution in [3.05, 3.63) is 143 Å². The van der Waals surface area contributed by atoms with Crippen molar-refractivity contribution in [2.24, 2.45) is 16.7 Å². The van der Waals surface area contributed by atoms with Gasteiger partial charge in [0, 0.05) is 50.7 Å². The van der Waals surface area contributed by atoms with Crippen LogP contribution in [0.15, 0.2) is 126 Å². The van der Waals surface area contributed by atoms with E-state index < -0.39 is 124 Å². The molecule has 17 nitrogen and oxygen atoms in total. The largest absolute Gasteiger partial charge is 0.461 e. The average molecular weight is 936 g/mol. The maximum atomic E-state index is 14.9. The number of nitrogens with one attached hydrogen (secondary N) is 1. The van der Waals surface area contributed by atoms with Crippen molar-refractivity contribution in [1.29, 1.82) is 0 Å². The lowest BCUT2D eigenvalue weighted by atomic mass is 9.49. The second-order valence-electron chi connectivity index (χ2n) is 17.7. The summed E-state index contributed by atoms with van der Waals surface area (Å²) in [6.07, 6.45) is -4.46. The Morgan fingerprint density at radius 3 is 1.85 bits per heavy atom. The third-order valence-electron chi connectivity index (χ3n) is 12.8. The fraction of sp³-hybridized carbons (Fsp3) is 0.373. The van der Waals surface area contributed by atoms with Crippen LogP contribution in [0, 0.1) is 16.7 Å². The molecule has 17 heteroatoms. The van der Waals surface area contributed by atoms with Crippen LogP contribution in [-0.2, 0) is 57.2 Å². The van der Waals surface area contributed by atoms with E-state index in [1.54, 1.807) is 54.6 Å². The van der Waals surface area contributed by atoms with E-state index in [4.69, 9.17) is 28.4 Å². The Morgan fingerprint density at radius 1 is 0.750 bits per heavy atom. The van der Waals surface area contributed by atoms with Crippen LogP contribution in [0.5, 0.6) is 0 Å². The second kappa shape index (κ2) is 19.5. The van der Waals surface area contributed by atoms with Gasteiger partial charge in [-0.1, -0.05) is 80.6 Å². The zero-order valence-corrected chi connectivity index (χ0v) is 38.7. The van der Waals surface area contributed by atoms with E-state index in [1.807, 2.05) is 0 Å². The molecule has 3 aliphatic carbocycles. The van der Waals surface area contributed by atoms with Crippen molar-refractivity contribution in [2.75, 3.05) is 6.61 Å². The number of carbonyl (C=O) groups is 8. The van der Waals surface area contributed by atoms with Gasteiger partial charge < -0.3 is 44.0 Å². The van der Waals surface area contributed by atoms with Gasteiger partial charge in [0.05, 0.1) is 17.5 Å². The number of hydrogen-bond acceptors (Lipinski definition) is 16. The molecule has 358 valence electrons. The normalized spacial score (nSPS) is 26.9. The summed E-state index contributed by atoms with van der Waals surface area (Å²) in [5.74, 6) is -11.0. The predicted octanol–water partition coefficient (Wildman–Crippen LogP) is 5.11. The highest BCUT2D eigenvalue weighted by molar-refractivity contribution is 6.00. The van der Waals surface area contributed by atoms with Crippen molar-refractivity contribution in [3.63, 3.8) is 0 Å². The number of aliphatic hydroxyl groups is 2. The van der Waals surface area contributed by atoms with Crippen LogP contribution in [-0.4, -0.2) is 93.8 Å². The molecule has 0 spiro atoms. The zero-order valence-electron chi connectivity index (χ0n) is 38.7. The van der Waals surface area contributed by atoms with Gasteiger partial charge in [0.15, 0.2) is 29.0 Å². The number of amides is 1. The molecule has 3 N–H and O–H groups in total. The molecule has 0 unspecified atom stereocenters. The Bertz CT molecular complexity index is 2600. The SMILES string of the molecule is CC(=O)OC[C@]1(OC(C)=O)C=CC(=O)[C@@]2(C)/C(OC(C)=O)=C(/OC(C)=O)C3=C(C)[C@@H](OC(=O)[C@H](O)[C@@H](NC(=O)c4ccccc4)c4ccccc4)C[C@@](O)([C@@H](OC(=O)c4ccccc4)[C@H]12)C3(C)C. The molecular weight excluding hydrogens is 883 g/mol. The number of fused-ring (bicyclic) bond motifs is 3. The van der Waals surface area contributed by atoms with Crippen LogP contribution in [0.2, 0.25) is 0 Å². The lowest BCUT2D eigenvalue weighted by Crippen LogP contribution is -2.72. The molecule has 6 rings (SSSR count). The van der Waals surface area contributed by atoms with Gasteiger partial charge in [0.25, 0.3) is 5.91 Å². The number of carbonyl (C=O) groups excluding carboxylic acids is 8. The van der Waals surface area contributed by atoms with Crippen LogP contribution in [0.25, 0.3) is 0 Å². The highest BCUT2D eigenvalue weighted by Gasteiger charge is 2.73. The molecule has 8 atom stereocenters. The van der Waals surface area contributed by atoms with E-state index in [1.165, 1.54) is 64.1 Å². The first-order valence-electron chi connectivity index (χ1n) is 21.7. The minimum Gasteiger partial charge on any atom is -0.461 e. The number of aliphatic hydroxyl groups excluding tert-OH is 1. The first-order valence-corrected chi connectivity index (χ1v) is 21.7. The predicted molar refractivity (Wildman–Crippen MR) is 238 cm³/mol. The summed E-state index contributed by atoms with van der Waals surface area (Å²) in [5, 5.41) is 28.5. The summed E-state index contributed by atoms with van der Waals surface area (Å²) in [7, 11) is 0. The molecule has 68 heavy (non-hydrogen) atoms. The molecule has 0 saturated heterocycles. The molecule has 0 heterocycles. The number of hydrogen-bond donors (Lipinski definition) is 3. The molecule has 0 aromatic heterocycles. The van der Waals surface area contributed by atoms with Gasteiger partial charge in [-0.05, 0) is 61.4 Å². The highest BCUT2D eigenvalue weighted by atomic mass is 16.6. The van der Waals surface area contributed by atoms with E-state index in [0.29, 0.717) is 5.56 Å². The van der Waals surface area contributed by atoms with Crippen LogP contribution in [0.4, 0.5) is 0 Å². The second-order valence-corrected chi connectivity index (χ2v) is 17.7. The van der Waals surface area contributed by atoms with Crippen LogP contribution >= 0.6 is 0 Å². The molecule has 1 amide bonds. The third-order valence-corrected chi connectivity index (χ3v) is 12.8. The number of allylic oxidation sites excluding steroid dienone is 3. The molecule has 0 saturated carbocycles. The quantitative estimate of drug-likeness (QED) is 0.149. The zero-order chi connectivity index (χ0) is 49.9.